The van der Waals surface area contributed by atoms with E-state index in [1.54, 1.807) is 19.0 Å². The van der Waals surface area contributed by atoms with Gasteiger partial charge in [-0.05, 0) is 0 Å². The Morgan fingerprint density at radius 3 is 1.82 bits per heavy atom. The van der Waals surface area contributed by atoms with E-state index < -0.39 is 0 Å². The smallest absolute Gasteiger partial charge is 0.215 e. The molecule has 0 rings (SSSR count). The van der Waals surface area contributed by atoms with Crippen LogP contribution >= 0.6 is 12.4 Å². The number of guanidine groups is 2. The SMILES string of the molecule is CN(C)C(N)=NC(=N)N.Cl.[Zn]. The third-order valence-corrected chi connectivity index (χ3v) is 0.693. The number of hydrogen-bond acceptors (Lipinski definition) is 1. The molecular formula is C4H12ClN5Zn. The fraction of sp³-hybridized carbons (Fsp3) is 0.500. The molecule has 0 fully saturated rings. The number of aliphatic imine (C=N–C) groups is 1. The first-order valence-corrected chi connectivity index (χ1v) is 2.39. The molecule has 11 heavy (non-hydrogen) atoms. The first-order chi connectivity index (χ1) is 4.04. The molecule has 0 amide bonds. The van der Waals surface area contributed by atoms with E-state index in [1.165, 1.54) is 0 Å². The molecule has 0 spiro atoms. The molecule has 0 aromatic carbocycles. The van der Waals surface area contributed by atoms with Gasteiger partial charge in [0.25, 0.3) is 0 Å². The normalized spacial score (nSPS) is 9.09. The number of nitrogens with zero attached hydrogens (tertiary/aromatic N) is 2. The number of nitrogens with one attached hydrogen (secondary N) is 1. The molecule has 0 aliphatic rings. The third-order valence-electron chi connectivity index (χ3n) is 0.693. The average Bonchev–Trinajstić information content (AvgIpc) is 1.63. The van der Waals surface area contributed by atoms with E-state index in [0.717, 1.165) is 0 Å². The van der Waals surface area contributed by atoms with E-state index in [4.69, 9.17) is 16.9 Å². The maximum atomic E-state index is 6.70. The fourth-order valence-corrected chi connectivity index (χ4v) is 0.223. The van der Waals surface area contributed by atoms with Gasteiger partial charge < -0.3 is 16.4 Å². The van der Waals surface area contributed by atoms with Crippen molar-refractivity contribution in [3.63, 3.8) is 0 Å². The Morgan fingerprint density at radius 1 is 1.36 bits per heavy atom. The van der Waals surface area contributed by atoms with E-state index in [1.807, 2.05) is 0 Å². The molecule has 0 bridgehead atoms. The van der Waals surface area contributed by atoms with Crippen molar-refractivity contribution in [2.24, 2.45) is 16.5 Å². The summed E-state index contributed by atoms with van der Waals surface area (Å²) in [5.41, 5.74) is 10.2. The minimum absolute atomic E-state index is 0. The first-order valence-electron chi connectivity index (χ1n) is 2.39. The predicted molar refractivity (Wildman–Crippen MR) is 44.5 cm³/mol. The van der Waals surface area contributed by atoms with Gasteiger partial charge in [-0.15, -0.1) is 12.4 Å². The van der Waals surface area contributed by atoms with Crippen LogP contribution in [0.4, 0.5) is 0 Å². The summed E-state index contributed by atoms with van der Waals surface area (Å²) >= 11 is 0. The molecule has 7 heteroatoms. The predicted octanol–water partition coefficient (Wildman–Crippen LogP) is -0.825. The maximum absolute atomic E-state index is 6.70. The van der Waals surface area contributed by atoms with Crippen LogP contribution in [-0.2, 0) is 19.5 Å². The standard InChI is InChI=1S/C4H11N5.ClH.Zn/c1-9(2)4(7)8-3(5)6;;/h1-2H3,(H5,5,6,7,8);1H;. The molecular weight excluding hydrogens is 219 g/mol. The molecule has 0 radical (unpaired) electrons. The summed E-state index contributed by atoms with van der Waals surface area (Å²) in [7, 11) is 3.45. The minimum Gasteiger partial charge on any atom is -0.369 e. The molecule has 0 saturated carbocycles. The van der Waals surface area contributed by atoms with Crippen molar-refractivity contribution in [2.45, 2.75) is 0 Å². The van der Waals surface area contributed by atoms with E-state index >= 15 is 0 Å². The van der Waals surface area contributed by atoms with Crippen LogP contribution in [0.5, 0.6) is 0 Å². The molecule has 5 nitrogen and oxygen atoms in total. The molecule has 5 N–H and O–H groups in total. The summed E-state index contributed by atoms with van der Waals surface area (Å²) in [6, 6.07) is 0. The maximum Gasteiger partial charge on any atom is 0.215 e. The second-order valence-corrected chi connectivity index (χ2v) is 1.75. The number of rotatable bonds is 0. The fourth-order valence-electron chi connectivity index (χ4n) is 0.223. The first kappa shape index (κ1) is 16.9. The van der Waals surface area contributed by atoms with Crippen LogP contribution in [0.2, 0.25) is 0 Å². The number of nitrogens with two attached hydrogens (primary N) is 2. The molecule has 0 aromatic heterocycles. The molecule has 0 unspecified atom stereocenters. The Morgan fingerprint density at radius 2 is 1.73 bits per heavy atom. The van der Waals surface area contributed by atoms with Gasteiger partial charge in [0.05, 0.1) is 0 Å². The van der Waals surface area contributed by atoms with Gasteiger partial charge in [0.2, 0.25) is 5.96 Å². The quantitative estimate of drug-likeness (QED) is 0.289. The van der Waals surface area contributed by atoms with Gasteiger partial charge in [0, 0.05) is 33.6 Å². The van der Waals surface area contributed by atoms with Crippen molar-refractivity contribution in [3.05, 3.63) is 0 Å². The zero-order chi connectivity index (χ0) is 7.44. The van der Waals surface area contributed by atoms with Crippen LogP contribution in [0.1, 0.15) is 0 Å². The van der Waals surface area contributed by atoms with Crippen molar-refractivity contribution in [1.82, 2.24) is 4.90 Å². The summed E-state index contributed by atoms with van der Waals surface area (Å²) in [6.45, 7) is 0. The number of hydrogen-bond donors (Lipinski definition) is 3. The molecule has 62 valence electrons. The van der Waals surface area contributed by atoms with E-state index in [9.17, 15) is 0 Å². The zero-order valence-corrected chi connectivity index (χ0v) is 10.4. The van der Waals surface area contributed by atoms with Crippen molar-refractivity contribution in [3.8, 4) is 0 Å². The van der Waals surface area contributed by atoms with E-state index in [0.29, 0.717) is 0 Å². The third kappa shape index (κ3) is 9.65. The van der Waals surface area contributed by atoms with Crippen LogP contribution in [0.15, 0.2) is 4.99 Å². The van der Waals surface area contributed by atoms with Gasteiger partial charge in [-0.3, -0.25) is 5.41 Å². The molecule has 0 heterocycles. The largest absolute Gasteiger partial charge is 0.369 e. The topological polar surface area (TPSA) is 91.5 Å². The van der Waals surface area contributed by atoms with Gasteiger partial charge in [-0.2, -0.15) is 4.99 Å². The molecule has 0 saturated heterocycles. The minimum atomic E-state index is -0.277. The summed E-state index contributed by atoms with van der Waals surface area (Å²) in [5, 5.41) is 6.70. The van der Waals surface area contributed by atoms with Crippen molar-refractivity contribution in [1.29, 1.82) is 5.41 Å². The number of halogens is 1. The molecule has 0 atom stereocenters. The second kappa shape index (κ2) is 7.76. The molecule has 0 aromatic rings. The van der Waals surface area contributed by atoms with Crippen LogP contribution in [0, 0.1) is 5.41 Å². The summed E-state index contributed by atoms with van der Waals surface area (Å²) in [6.07, 6.45) is 0. The van der Waals surface area contributed by atoms with Crippen molar-refractivity contribution >= 4 is 24.3 Å². The van der Waals surface area contributed by atoms with Crippen LogP contribution in [0.3, 0.4) is 0 Å². The van der Waals surface area contributed by atoms with Gasteiger partial charge in [-0.25, -0.2) is 0 Å². The van der Waals surface area contributed by atoms with E-state index in [-0.39, 0.29) is 43.8 Å². The van der Waals surface area contributed by atoms with Gasteiger partial charge >= 0.3 is 0 Å². The van der Waals surface area contributed by atoms with Crippen LogP contribution in [-0.4, -0.2) is 30.9 Å². The molecule has 0 aliphatic heterocycles. The van der Waals surface area contributed by atoms with Gasteiger partial charge in [-0.1, -0.05) is 0 Å². The summed E-state index contributed by atoms with van der Waals surface area (Å²) in [5.74, 6) is -0.0382. The molecule has 0 aliphatic carbocycles. The Hall–Kier alpha value is -0.347. The van der Waals surface area contributed by atoms with E-state index in [2.05, 4.69) is 4.99 Å². The van der Waals surface area contributed by atoms with Crippen LogP contribution in [0.25, 0.3) is 0 Å². The Bertz CT molecular complexity index is 145. The Balaban J connectivity index is -0.000000320. The van der Waals surface area contributed by atoms with Crippen molar-refractivity contribution in [2.75, 3.05) is 14.1 Å². The Labute approximate surface area is 84.9 Å². The monoisotopic (exact) mass is 229 g/mol. The Kier molecular flexibility index (Phi) is 12.0. The average molecular weight is 231 g/mol. The van der Waals surface area contributed by atoms with Crippen molar-refractivity contribution < 1.29 is 19.5 Å². The summed E-state index contributed by atoms with van der Waals surface area (Å²) in [4.78, 5) is 5.03. The van der Waals surface area contributed by atoms with Gasteiger partial charge in [0.1, 0.15) is 0 Å². The summed E-state index contributed by atoms with van der Waals surface area (Å²) < 4.78 is 0. The van der Waals surface area contributed by atoms with Gasteiger partial charge in [0.15, 0.2) is 5.96 Å². The second-order valence-electron chi connectivity index (χ2n) is 1.75. The van der Waals surface area contributed by atoms with Crippen LogP contribution < -0.4 is 11.5 Å². The zero-order valence-electron chi connectivity index (χ0n) is 6.66.